The van der Waals surface area contributed by atoms with Crippen LogP contribution in [-0.2, 0) is 14.4 Å². The van der Waals surface area contributed by atoms with Gasteiger partial charge in [0, 0.05) is 5.02 Å². The van der Waals surface area contributed by atoms with Crippen LogP contribution in [0.3, 0.4) is 0 Å². The summed E-state index contributed by atoms with van der Waals surface area (Å²) in [5.41, 5.74) is 2.10. The summed E-state index contributed by atoms with van der Waals surface area (Å²) in [5.74, 6) is -1.31. The third kappa shape index (κ3) is 3.06. The summed E-state index contributed by atoms with van der Waals surface area (Å²) in [7, 11) is 0. The Labute approximate surface area is 199 Å². The zero-order chi connectivity index (χ0) is 22.9. The van der Waals surface area contributed by atoms with E-state index in [-0.39, 0.29) is 47.9 Å². The molecule has 0 spiro atoms. The van der Waals surface area contributed by atoms with E-state index in [0.717, 1.165) is 27.1 Å². The van der Waals surface area contributed by atoms with E-state index < -0.39 is 0 Å². The van der Waals surface area contributed by atoms with E-state index in [1.807, 2.05) is 43.3 Å². The second-order valence-corrected chi connectivity index (χ2v) is 10.3. The molecule has 1 saturated carbocycles. The standard InChI is InChI=1S/C25H20ClN3O3S/c1-13-16(26)5-4-7-18(13)29(25-27-17-6-2-3-8-19(17)33-25)20(30)12-28-23(31)21-14-9-10-15(11-14)22(21)24(28)32/h2-10,14-15,21-22H,11-12H2,1H3/t14-,15-,21-,22-/m0/s1. The fraction of sp³-hybridized carbons (Fsp3) is 0.280. The third-order valence-corrected chi connectivity index (χ3v) is 8.49. The minimum absolute atomic E-state index is 0.104. The molecule has 0 radical (unpaired) electrons. The minimum Gasteiger partial charge on any atom is -0.274 e. The van der Waals surface area contributed by atoms with E-state index in [2.05, 4.69) is 4.98 Å². The number of rotatable bonds is 4. The molecule has 2 aliphatic carbocycles. The van der Waals surface area contributed by atoms with Gasteiger partial charge in [0.05, 0.1) is 27.7 Å². The number of halogens is 1. The predicted octanol–water partition coefficient (Wildman–Crippen LogP) is 4.73. The predicted molar refractivity (Wildman–Crippen MR) is 127 cm³/mol. The molecule has 166 valence electrons. The lowest BCUT2D eigenvalue weighted by Crippen LogP contribution is -2.42. The molecule has 6 rings (SSSR count). The number of likely N-dealkylation sites (tertiary alicyclic amines) is 1. The Morgan fingerprint density at radius 1 is 1.09 bits per heavy atom. The van der Waals surface area contributed by atoms with Crippen LogP contribution in [-0.4, -0.2) is 34.2 Å². The Morgan fingerprint density at radius 2 is 1.79 bits per heavy atom. The Bertz CT molecular complexity index is 1300. The van der Waals surface area contributed by atoms with Gasteiger partial charge in [-0.2, -0.15) is 0 Å². The summed E-state index contributed by atoms with van der Waals surface area (Å²) in [6.45, 7) is 1.52. The number of imide groups is 1. The van der Waals surface area contributed by atoms with E-state index in [9.17, 15) is 14.4 Å². The number of allylic oxidation sites excluding steroid dienone is 2. The maximum Gasteiger partial charge on any atom is 0.253 e. The van der Waals surface area contributed by atoms with Crippen LogP contribution in [0.4, 0.5) is 10.8 Å². The molecule has 2 heterocycles. The highest BCUT2D eigenvalue weighted by atomic mass is 35.5. The second kappa shape index (κ2) is 7.50. The molecule has 33 heavy (non-hydrogen) atoms. The van der Waals surface area contributed by atoms with Gasteiger partial charge in [0.2, 0.25) is 11.8 Å². The molecule has 3 amide bonds. The van der Waals surface area contributed by atoms with Crippen molar-refractivity contribution >= 4 is 61.7 Å². The lowest BCUT2D eigenvalue weighted by molar-refractivity contribution is -0.143. The van der Waals surface area contributed by atoms with Crippen molar-refractivity contribution in [2.45, 2.75) is 13.3 Å². The van der Waals surface area contributed by atoms with Crippen LogP contribution >= 0.6 is 22.9 Å². The van der Waals surface area contributed by atoms with Gasteiger partial charge in [0.15, 0.2) is 5.13 Å². The number of hydrogen-bond donors (Lipinski definition) is 0. The Kier molecular flexibility index (Phi) is 4.67. The van der Waals surface area contributed by atoms with Crippen molar-refractivity contribution in [3.63, 3.8) is 0 Å². The summed E-state index contributed by atoms with van der Waals surface area (Å²) < 4.78 is 0.940. The van der Waals surface area contributed by atoms with E-state index in [4.69, 9.17) is 11.6 Å². The van der Waals surface area contributed by atoms with Gasteiger partial charge < -0.3 is 0 Å². The summed E-state index contributed by atoms with van der Waals surface area (Å²) in [6.07, 6.45) is 4.95. The fourth-order valence-electron chi connectivity index (χ4n) is 5.46. The molecule has 3 aromatic rings. The summed E-state index contributed by atoms with van der Waals surface area (Å²) in [5, 5.41) is 1.00. The van der Waals surface area contributed by atoms with Gasteiger partial charge in [-0.3, -0.25) is 24.2 Å². The van der Waals surface area contributed by atoms with Crippen molar-refractivity contribution in [1.29, 1.82) is 0 Å². The number of carbonyl (C=O) groups is 3. The van der Waals surface area contributed by atoms with Gasteiger partial charge in [0.1, 0.15) is 6.54 Å². The third-order valence-electron chi connectivity index (χ3n) is 7.06. The first-order valence-corrected chi connectivity index (χ1v) is 12.1. The van der Waals surface area contributed by atoms with Crippen LogP contribution in [0.2, 0.25) is 5.02 Å². The smallest absolute Gasteiger partial charge is 0.253 e. The molecule has 2 fully saturated rings. The molecule has 6 nitrogen and oxygen atoms in total. The molecule has 8 heteroatoms. The molecule has 3 aliphatic rings. The molecule has 2 aromatic carbocycles. The molecule has 1 saturated heterocycles. The normalized spacial score (nSPS) is 25.3. The van der Waals surface area contributed by atoms with Gasteiger partial charge in [-0.25, -0.2) is 4.98 Å². The lowest BCUT2D eigenvalue weighted by atomic mass is 9.85. The molecular weight excluding hydrogens is 458 g/mol. The summed E-state index contributed by atoms with van der Waals surface area (Å²) in [6, 6.07) is 13.0. The maximum atomic E-state index is 13.7. The van der Waals surface area contributed by atoms with Crippen LogP contribution in [0.5, 0.6) is 0 Å². The number of para-hydroxylation sites is 1. The first-order chi connectivity index (χ1) is 15.9. The Morgan fingerprint density at radius 3 is 2.48 bits per heavy atom. The van der Waals surface area contributed by atoms with Gasteiger partial charge in [0.25, 0.3) is 5.91 Å². The number of anilines is 2. The van der Waals surface area contributed by atoms with E-state index in [1.54, 1.807) is 18.2 Å². The average molecular weight is 478 g/mol. The number of fused-ring (bicyclic) bond motifs is 6. The molecule has 1 aliphatic heterocycles. The molecular formula is C25H20ClN3O3S. The van der Waals surface area contributed by atoms with Crippen molar-refractivity contribution in [3.8, 4) is 0 Å². The molecule has 4 atom stereocenters. The second-order valence-electron chi connectivity index (χ2n) is 8.84. The van der Waals surface area contributed by atoms with Crippen LogP contribution in [0.1, 0.15) is 12.0 Å². The number of benzene rings is 2. The van der Waals surface area contributed by atoms with Gasteiger partial charge in [-0.05, 0) is 55.0 Å². The monoisotopic (exact) mass is 477 g/mol. The van der Waals surface area contributed by atoms with Gasteiger partial charge in [-0.15, -0.1) is 0 Å². The zero-order valence-corrected chi connectivity index (χ0v) is 19.3. The van der Waals surface area contributed by atoms with Crippen LogP contribution in [0.25, 0.3) is 10.2 Å². The highest BCUT2D eigenvalue weighted by Crippen LogP contribution is 2.52. The van der Waals surface area contributed by atoms with Crippen molar-refractivity contribution in [2.24, 2.45) is 23.7 Å². The molecule has 0 unspecified atom stereocenters. The van der Waals surface area contributed by atoms with E-state index in [1.165, 1.54) is 16.2 Å². The van der Waals surface area contributed by atoms with Crippen molar-refractivity contribution in [1.82, 2.24) is 9.88 Å². The number of carbonyl (C=O) groups excluding carboxylic acids is 3. The van der Waals surface area contributed by atoms with E-state index in [0.29, 0.717) is 15.8 Å². The van der Waals surface area contributed by atoms with Crippen LogP contribution < -0.4 is 4.90 Å². The fourth-order valence-corrected chi connectivity index (χ4v) is 6.63. The number of nitrogens with zero attached hydrogens (tertiary/aromatic N) is 3. The van der Waals surface area contributed by atoms with Crippen molar-refractivity contribution in [3.05, 3.63) is 65.2 Å². The maximum absolute atomic E-state index is 13.7. The number of thiazole rings is 1. The van der Waals surface area contributed by atoms with Gasteiger partial charge >= 0.3 is 0 Å². The van der Waals surface area contributed by atoms with Crippen molar-refractivity contribution in [2.75, 3.05) is 11.4 Å². The zero-order valence-electron chi connectivity index (χ0n) is 17.8. The molecule has 2 bridgehead atoms. The number of aromatic nitrogens is 1. The lowest BCUT2D eigenvalue weighted by Gasteiger charge is -2.25. The first-order valence-electron chi connectivity index (χ1n) is 10.9. The minimum atomic E-state index is -0.388. The Balaban J connectivity index is 1.38. The summed E-state index contributed by atoms with van der Waals surface area (Å²) >= 11 is 7.75. The SMILES string of the molecule is Cc1c(Cl)cccc1N(C(=O)CN1C(=O)[C@@H]2[C@@H](C1=O)[C@H]1C=C[C@H]2C1)c1nc2ccccc2s1. The molecule has 0 N–H and O–H groups in total. The molecule has 1 aromatic heterocycles. The number of amides is 3. The van der Waals surface area contributed by atoms with E-state index >= 15 is 0 Å². The van der Waals surface area contributed by atoms with Crippen LogP contribution in [0, 0.1) is 30.6 Å². The summed E-state index contributed by atoms with van der Waals surface area (Å²) in [4.78, 5) is 47.3. The van der Waals surface area contributed by atoms with Crippen molar-refractivity contribution < 1.29 is 14.4 Å². The van der Waals surface area contributed by atoms with Crippen LogP contribution in [0.15, 0.2) is 54.6 Å². The Hall–Kier alpha value is -3.03. The largest absolute Gasteiger partial charge is 0.274 e. The quantitative estimate of drug-likeness (QED) is 0.402. The van der Waals surface area contributed by atoms with Gasteiger partial charge in [-0.1, -0.05) is 53.3 Å². The number of hydrogen-bond acceptors (Lipinski definition) is 5. The highest BCUT2D eigenvalue weighted by molar-refractivity contribution is 7.22. The average Bonchev–Trinajstić information content (AvgIpc) is 3.57. The highest BCUT2D eigenvalue weighted by Gasteiger charge is 2.59. The first kappa shape index (κ1) is 20.6. The topological polar surface area (TPSA) is 70.6 Å².